The molecule has 0 aliphatic rings. The largest absolute Gasteiger partial charge is 0.269 e. The summed E-state index contributed by atoms with van der Waals surface area (Å²) in [5.74, 6) is -0.0630. The second-order valence-corrected chi connectivity index (χ2v) is 4.18. The molecule has 18 heavy (non-hydrogen) atoms. The summed E-state index contributed by atoms with van der Waals surface area (Å²) in [7, 11) is 0. The molecular formula is C11H8Cl2N4O. The van der Waals surface area contributed by atoms with E-state index in [2.05, 4.69) is 20.8 Å². The quantitative estimate of drug-likeness (QED) is 0.849. The molecule has 1 amide bonds. The third-order valence-corrected chi connectivity index (χ3v) is 2.46. The number of carbonyl (C=O) groups excluding carboxylic acids is 1. The molecule has 0 radical (unpaired) electrons. The van der Waals surface area contributed by atoms with E-state index in [-0.39, 0.29) is 11.9 Å². The molecule has 0 aliphatic heterocycles. The molecule has 0 aliphatic carbocycles. The average molecular weight is 283 g/mol. The first-order chi connectivity index (χ1) is 8.65. The molecule has 2 rings (SSSR count). The smallest absolute Gasteiger partial charge is 0.267 e. The van der Waals surface area contributed by atoms with Crippen LogP contribution in [0.4, 0.5) is 5.95 Å². The van der Waals surface area contributed by atoms with Gasteiger partial charge in [-0.1, -0.05) is 23.2 Å². The number of carbonyl (C=O) groups is 1. The lowest BCUT2D eigenvalue weighted by molar-refractivity contribution is 0.0962. The van der Waals surface area contributed by atoms with Gasteiger partial charge in [-0.05, 0) is 24.3 Å². The lowest BCUT2D eigenvalue weighted by atomic mass is 10.2. The first-order valence-corrected chi connectivity index (χ1v) is 5.70. The number of nitrogens with zero attached hydrogens (tertiary/aromatic N) is 2. The summed E-state index contributed by atoms with van der Waals surface area (Å²) in [6.45, 7) is 0. The molecule has 92 valence electrons. The van der Waals surface area contributed by atoms with E-state index < -0.39 is 0 Å². The number of benzene rings is 1. The van der Waals surface area contributed by atoms with Gasteiger partial charge in [0.25, 0.3) is 5.91 Å². The third-order valence-electron chi connectivity index (χ3n) is 2.01. The lowest BCUT2D eigenvalue weighted by Crippen LogP contribution is -2.30. The Hall–Kier alpha value is -1.85. The Morgan fingerprint density at radius 1 is 1.00 bits per heavy atom. The fourth-order valence-electron chi connectivity index (χ4n) is 1.16. The molecular weight excluding hydrogens is 275 g/mol. The van der Waals surface area contributed by atoms with Gasteiger partial charge in [-0.15, -0.1) is 0 Å². The van der Waals surface area contributed by atoms with Crippen LogP contribution in [0.1, 0.15) is 10.4 Å². The van der Waals surface area contributed by atoms with Gasteiger partial charge < -0.3 is 0 Å². The van der Waals surface area contributed by atoms with E-state index in [0.29, 0.717) is 15.6 Å². The van der Waals surface area contributed by atoms with Crippen LogP contribution in [0.15, 0.2) is 36.7 Å². The van der Waals surface area contributed by atoms with Crippen molar-refractivity contribution in [1.29, 1.82) is 0 Å². The minimum atomic E-state index is -0.315. The summed E-state index contributed by atoms with van der Waals surface area (Å²) in [5, 5.41) is 0.991. The summed E-state index contributed by atoms with van der Waals surface area (Å²) >= 11 is 11.4. The predicted octanol–water partition coefficient (Wildman–Crippen LogP) is 2.54. The first-order valence-electron chi connectivity index (χ1n) is 4.94. The molecule has 7 heteroatoms. The van der Waals surface area contributed by atoms with Gasteiger partial charge in [-0.2, -0.15) is 0 Å². The third kappa shape index (κ3) is 3.32. The number of hydrogen-bond acceptors (Lipinski definition) is 4. The highest BCUT2D eigenvalue weighted by atomic mass is 35.5. The zero-order valence-electron chi connectivity index (χ0n) is 9.02. The van der Waals surface area contributed by atoms with Crippen LogP contribution in [0.2, 0.25) is 10.0 Å². The molecule has 2 N–H and O–H groups in total. The van der Waals surface area contributed by atoms with Crippen LogP contribution in [0.3, 0.4) is 0 Å². The average Bonchev–Trinajstić information content (AvgIpc) is 2.38. The van der Waals surface area contributed by atoms with Crippen LogP contribution in [-0.4, -0.2) is 15.9 Å². The van der Waals surface area contributed by atoms with Gasteiger partial charge in [0.15, 0.2) is 0 Å². The van der Waals surface area contributed by atoms with Gasteiger partial charge in [0.2, 0.25) is 5.95 Å². The minimum Gasteiger partial charge on any atom is -0.267 e. The molecule has 0 spiro atoms. The van der Waals surface area contributed by atoms with E-state index in [0.717, 1.165) is 0 Å². The molecule has 0 saturated carbocycles. The van der Waals surface area contributed by atoms with Crippen LogP contribution < -0.4 is 10.9 Å². The molecule has 0 fully saturated rings. The summed E-state index contributed by atoms with van der Waals surface area (Å²) in [6, 6.07) is 6.49. The van der Waals surface area contributed by atoms with Crippen molar-refractivity contribution in [2.45, 2.75) is 0 Å². The van der Waals surface area contributed by atoms with E-state index in [9.17, 15) is 4.79 Å². The monoisotopic (exact) mass is 282 g/mol. The van der Waals surface area contributed by atoms with Crippen LogP contribution in [0.5, 0.6) is 0 Å². The highest BCUT2D eigenvalue weighted by Crippen LogP contribution is 2.09. The van der Waals surface area contributed by atoms with E-state index in [4.69, 9.17) is 23.2 Å². The number of halogens is 2. The van der Waals surface area contributed by atoms with E-state index >= 15 is 0 Å². The minimum absolute atomic E-state index is 0.252. The maximum Gasteiger partial charge on any atom is 0.269 e. The summed E-state index contributed by atoms with van der Waals surface area (Å²) < 4.78 is 0. The van der Waals surface area contributed by atoms with Gasteiger partial charge in [0.05, 0.1) is 17.4 Å². The molecule has 0 bridgehead atoms. The topological polar surface area (TPSA) is 66.9 Å². The number of anilines is 1. The van der Waals surface area contributed by atoms with Gasteiger partial charge in [0, 0.05) is 10.6 Å². The van der Waals surface area contributed by atoms with E-state index in [1.807, 2.05) is 0 Å². The fraction of sp³-hybridized carbons (Fsp3) is 0. The Morgan fingerprint density at radius 2 is 1.61 bits per heavy atom. The number of aromatic nitrogens is 2. The summed E-state index contributed by atoms with van der Waals surface area (Å²) in [5.41, 5.74) is 5.50. The number of hydrazine groups is 1. The van der Waals surface area contributed by atoms with Gasteiger partial charge in [0.1, 0.15) is 0 Å². The van der Waals surface area contributed by atoms with E-state index in [1.54, 1.807) is 24.3 Å². The first kappa shape index (κ1) is 12.6. The number of hydrogen-bond donors (Lipinski definition) is 2. The Labute approximate surface area is 113 Å². The summed E-state index contributed by atoms with van der Waals surface area (Å²) in [4.78, 5) is 19.4. The van der Waals surface area contributed by atoms with Crippen LogP contribution in [-0.2, 0) is 0 Å². The Kier molecular flexibility index (Phi) is 3.96. The normalized spacial score (nSPS) is 9.89. The van der Waals surface area contributed by atoms with Crippen molar-refractivity contribution < 1.29 is 4.79 Å². The standard InChI is InChI=1S/C11H8Cl2N4O/c12-8-3-1-7(2-4-8)10(18)16-17-11-14-5-9(13)6-15-11/h1-6H,(H,16,18)(H,14,15,17). The summed E-state index contributed by atoms with van der Waals surface area (Å²) in [6.07, 6.45) is 2.84. The number of rotatable bonds is 3. The number of amides is 1. The molecule has 1 aromatic carbocycles. The van der Waals surface area contributed by atoms with Crippen molar-refractivity contribution in [3.05, 3.63) is 52.3 Å². The molecule has 2 aromatic rings. The van der Waals surface area contributed by atoms with Gasteiger partial charge in [-0.3, -0.25) is 15.6 Å². The Bertz CT molecular complexity index is 542. The highest BCUT2D eigenvalue weighted by Gasteiger charge is 2.05. The van der Waals surface area contributed by atoms with E-state index in [1.165, 1.54) is 12.4 Å². The zero-order valence-corrected chi connectivity index (χ0v) is 10.5. The van der Waals surface area contributed by atoms with Gasteiger partial charge >= 0.3 is 0 Å². The van der Waals surface area contributed by atoms with Gasteiger partial charge in [-0.25, -0.2) is 9.97 Å². The Balaban J connectivity index is 1.96. The van der Waals surface area contributed by atoms with Crippen LogP contribution in [0, 0.1) is 0 Å². The fourth-order valence-corrected chi connectivity index (χ4v) is 1.39. The van der Waals surface area contributed by atoms with Crippen molar-refractivity contribution >= 4 is 35.1 Å². The van der Waals surface area contributed by atoms with Crippen molar-refractivity contribution in [3.8, 4) is 0 Å². The van der Waals surface area contributed by atoms with Crippen molar-refractivity contribution in [3.63, 3.8) is 0 Å². The maximum atomic E-state index is 11.7. The molecule has 0 unspecified atom stereocenters. The molecule has 1 heterocycles. The predicted molar refractivity (Wildman–Crippen MR) is 69.6 cm³/mol. The van der Waals surface area contributed by atoms with Crippen molar-refractivity contribution in [1.82, 2.24) is 15.4 Å². The van der Waals surface area contributed by atoms with Crippen LogP contribution >= 0.6 is 23.2 Å². The SMILES string of the molecule is O=C(NNc1ncc(Cl)cn1)c1ccc(Cl)cc1. The molecule has 0 atom stereocenters. The van der Waals surface area contributed by atoms with Crippen molar-refractivity contribution in [2.24, 2.45) is 0 Å². The molecule has 0 saturated heterocycles. The maximum absolute atomic E-state index is 11.7. The van der Waals surface area contributed by atoms with Crippen LogP contribution in [0.25, 0.3) is 0 Å². The zero-order chi connectivity index (χ0) is 13.0. The number of nitrogens with one attached hydrogen (secondary N) is 2. The highest BCUT2D eigenvalue weighted by molar-refractivity contribution is 6.30. The lowest BCUT2D eigenvalue weighted by Gasteiger charge is -2.06. The molecule has 5 nitrogen and oxygen atoms in total. The van der Waals surface area contributed by atoms with Crippen molar-refractivity contribution in [2.75, 3.05) is 5.43 Å². The molecule has 1 aromatic heterocycles. The Morgan fingerprint density at radius 3 is 2.22 bits per heavy atom. The second kappa shape index (κ2) is 5.66. The second-order valence-electron chi connectivity index (χ2n) is 3.31.